The van der Waals surface area contributed by atoms with E-state index in [0.717, 1.165) is 11.3 Å². The Hall–Kier alpha value is -2.76. The first-order chi connectivity index (χ1) is 10.6. The van der Waals surface area contributed by atoms with Crippen molar-refractivity contribution in [3.63, 3.8) is 0 Å². The van der Waals surface area contributed by atoms with E-state index in [1.165, 1.54) is 0 Å². The summed E-state index contributed by atoms with van der Waals surface area (Å²) in [6, 6.07) is 9.19. The van der Waals surface area contributed by atoms with Crippen LogP contribution in [-0.4, -0.2) is 30.9 Å². The Bertz CT molecular complexity index is 677. The van der Waals surface area contributed by atoms with Crippen LogP contribution in [-0.2, 0) is 18.3 Å². The van der Waals surface area contributed by atoms with Gasteiger partial charge in [0.1, 0.15) is 0 Å². The maximum absolute atomic E-state index is 11.9. The molecule has 0 saturated carbocycles. The lowest BCUT2D eigenvalue weighted by Gasteiger charge is -2.09. The van der Waals surface area contributed by atoms with E-state index in [-0.39, 0.29) is 12.3 Å². The predicted octanol–water partition coefficient (Wildman–Crippen LogP) is 1.74. The van der Waals surface area contributed by atoms with Gasteiger partial charge < -0.3 is 14.0 Å². The van der Waals surface area contributed by atoms with Gasteiger partial charge >= 0.3 is 0 Å². The molecule has 1 amide bonds. The number of hydrogen-bond acceptors (Lipinski definition) is 4. The van der Waals surface area contributed by atoms with Crippen LogP contribution in [0.2, 0.25) is 0 Å². The van der Waals surface area contributed by atoms with Crippen molar-refractivity contribution in [2.24, 2.45) is 12.1 Å². The summed E-state index contributed by atoms with van der Waals surface area (Å²) in [5, 5.41) is 3.95. The van der Waals surface area contributed by atoms with Gasteiger partial charge in [-0.3, -0.25) is 4.79 Å². The highest BCUT2D eigenvalue weighted by Gasteiger charge is 2.07. The van der Waals surface area contributed by atoms with Gasteiger partial charge in [-0.05, 0) is 29.8 Å². The molecule has 0 saturated heterocycles. The fourth-order valence-electron chi connectivity index (χ4n) is 1.99. The maximum Gasteiger partial charge on any atom is 0.244 e. The maximum atomic E-state index is 11.9. The summed E-state index contributed by atoms with van der Waals surface area (Å²) in [5.41, 5.74) is 4.24. The van der Waals surface area contributed by atoms with E-state index in [9.17, 15) is 4.79 Å². The molecular formula is C16H19N3O3. The summed E-state index contributed by atoms with van der Waals surface area (Å²) in [7, 11) is 5.04. The predicted molar refractivity (Wildman–Crippen MR) is 84.4 cm³/mol. The van der Waals surface area contributed by atoms with Crippen LogP contribution in [0.25, 0.3) is 0 Å². The van der Waals surface area contributed by atoms with Crippen LogP contribution < -0.4 is 14.9 Å². The SMILES string of the molecule is COc1ccc(CC(=O)N/N=C/c2cccn2C)cc1OC. The van der Waals surface area contributed by atoms with Gasteiger partial charge in [-0.25, -0.2) is 5.43 Å². The number of nitrogens with zero attached hydrogens (tertiary/aromatic N) is 2. The number of rotatable bonds is 6. The molecule has 6 heteroatoms. The molecule has 1 heterocycles. The van der Waals surface area contributed by atoms with Crippen molar-refractivity contribution in [3.8, 4) is 11.5 Å². The minimum atomic E-state index is -0.197. The minimum absolute atomic E-state index is 0.197. The van der Waals surface area contributed by atoms with Crippen molar-refractivity contribution in [2.45, 2.75) is 6.42 Å². The molecule has 0 aliphatic carbocycles. The highest BCUT2D eigenvalue weighted by Crippen LogP contribution is 2.27. The molecule has 1 N–H and O–H groups in total. The van der Waals surface area contributed by atoms with Gasteiger partial charge in [0, 0.05) is 13.2 Å². The third-order valence-corrected chi connectivity index (χ3v) is 3.18. The van der Waals surface area contributed by atoms with Crippen molar-refractivity contribution < 1.29 is 14.3 Å². The van der Waals surface area contributed by atoms with Crippen LogP contribution in [0.1, 0.15) is 11.3 Å². The zero-order chi connectivity index (χ0) is 15.9. The molecule has 2 rings (SSSR count). The highest BCUT2D eigenvalue weighted by molar-refractivity contribution is 5.82. The standard InChI is InChI=1S/C16H19N3O3/c1-19-8-4-5-13(19)11-17-18-16(20)10-12-6-7-14(21-2)15(9-12)22-3/h4-9,11H,10H2,1-3H3,(H,18,20)/b17-11+. The molecule has 1 aromatic heterocycles. The number of nitrogens with one attached hydrogen (secondary N) is 1. The van der Waals surface area contributed by atoms with E-state index in [4.69, 9.17) is 9.47 Å². The quantitative estimate of drug-likeness (QED) is 0.653. The largest absolute Gasteiger partial charge is 0.493 e. The molecule has 22 heavy (non-hydrogen) atoms. The number of amides is 1. The van der Waals surface area contributed by atoms with E-state index in [1.54, 1.807) is 32.6 Å². The summed E-state index contributed by atoms with van der Waals surface area (Å²) >= 11 is 0. The number of hydrazone groups is 1. The molecule has 0 radical (unpaired) electrons. The first-order valence-corrected chi connectivity index (χ1v) is 6.78. The molecule has 0 spiro atoms. The first-order valence-electron chi connectivity index (χ1n) is 6.78. The van der Waals surface area contributed by atoms with Crippen molar-refractivity contribution in [2.75, 3.05) is 14.2 Å². The smallest absolute Gasteiger partial charge is 0.244 e. The first kappa shape index (κ1) is 15.6. The normalized spacial score (nSPS) is 10.7. The topological polar surface area (TPSA) is 64.8 Å². The molecule has 0 aliphatic heterocycles. The lowest BCUT2D eigenvalue weighted by molar-refractivity contribution is -0.120. The molecule has 2 aromatic rings. The second kappa shape index (κ2) is 7.31. The average Bonchev–Trinajstić information content (AvgIpc) is 2.92. The van der Waals surface area contributed by atoms with Gasteiger partial charge in [0.05, 0.1) is 32.5 Å². The number of aromatic nitrogens is 1. The third-order valence-electron chi connectivity index (χ3n) is 3.18. The van der Waals surface area contributed by atoms with Crippen LogP contribution in [0.3, 0.4) is 0 Å². The van der Waals surface area contributed by atoms with Crippen LogP contribution >= 0.6 is 0 Å². The van der Waals surface area contributed by atoms with Crippen molar-refractivity contribution in [3.05, 3.63) is 47.8 Å². The van der Waals surface area contributed by atoms with E-state index in [0.29, 0.717) is 11.5 Å². The molecule has 6 nitrogen and oxygen atoms in total. The molecule has 0 atom stereocenters. The average molecular weight is 301 g/mol. The molecule has 1 aromatic carbocycles. The van der Waals surface area contributed by atoms with Crippen LogP contribution in [0, 0.1) is 0 Å². The Labute approximate surface area is 129 Å². The van der Waals surface area contributed by atoms with Gasteiger partial charge in [0.15, 0.2) is 11.5 Å². The second-order valence-electron chi connectivity index (χ2n) is 4.70. The number of methoxy groups -OCH3 is 2. The van der Waals surface area contributed by atoms with E-state index >= 15 is 0 Å². The Morgan fingerprint density at radius 1 is 1.27 bits per heavy atom. The summed E-state index contributed by atoms with van der Waals surface area (Å²) < 4.78 is 12.3. The number of carbonyl (C=O) groups is 1. The fourth-order valence-corrected chi connectivity index (χ4v) is 1.99. The lowest BCUT2D eigenvalue weighted by Crippen LogP contribution is -2.20. The number of aryl methyl sites for hydroxylation is 1. The van der Waals surface area contributed by atoms with E-state index in [1.807, 2.05) is 36.0 Å². The van der Waals surface area contributed by atoms with Crippen LogP contribution in [0.5, 0.6) is 11.5 Å². The van der Waals surface area contributed by atoms with Gasteiger partial charge in [-0.15, -0.1) is 0 Å². The van der Waals surface area contributed by atoms with Gasteiger partial charge in [0.2, 0.25) is 5.91 Å². The molecular weight excluding hydrogens is 282 g/mol. The number of ether oxygens (including phenoxy) is 2. The Morgan fingerprint density at radius 3 is 2.68 bits per heavy atom. The Morgan fingerprint density at radius 2 is 2.05 bits per heavy atom. The summed E-state index contributed by atoms with van der Waals surface area (Å²) in [6.07, 6.45) is 3.73. The van der Waals surface area contributed by atoms with E-state index in [2.05, 4.69) is 10.5 Å². The zero-order valence-electron chi connectivity index (χ0n) is 12.9. The Kier molecular flexibility index (Phi) is 5.19. The second-order valence-corrected chi connectivity index (χ2v) is 4.70. The van der Waals surface area contributed by atoms with E-state index < -0.39 is 0 Å². The molecule has 0 aliphatic rings. The monoisotopic (exact) mass is 301 g/mol. The minimum Gasteiger partial charge on any atom is -0.493 e. The molecule has 0 fully saturated rings. The Balaban J connectivity index is 1.94. The van der Waals surface area contributed by atoms with Gasteiger partial charge in [-0.2, -0.15) is 5.10 Å². The molecule has 0 bridgehead atoms. The third kappa shape index (κ3) is 3.88. The number of carbonyl (C=O) groups excluding carboxylic acids is 1. The lowest BCUT2D eigenvalue weighted by atomic mass is 10.1. The van der Waals surface area contributed by atoms with Crippen LogP contribution in [0.15, 0.2) is 41.6 Å². The number of hydrogen-bond donors (Lipinski definition) is 1. The van der Waals surface area contributed by atoms with Crippen molar-refractivity contribution in [1.82, 2.24) is 9.99 Å². The summed E-state index contributed by atoms with van der Waals surface area (Å²) in [4.78, 5) is 11.9. The van der Waals surface area contributed by atoms with Crippen molar-refractivity contribution in [1.29, 1.82) is 0 Å². The molecule has 116 valence electrons. The number of benzene rings is 1. The summed E-state index contributed by atoms with van der Waals surface area (Å²) in [5.74, 6) is 1.03. The molecule has 0 unspecified atom stereocenters. The highest BCUT2D eigenvalue weighted by atomic mass is 16.5. The zero-order valence-corrected chi connectivity index (χ0v) is 12.9. The summed E-state index contributed by atoms with van der Waals surface area (Å²) in [6.45, 7) is 0. The fraction of sp³-hybridized carbons (Fsp3) is 0.250. The van der Waals surface area contributed by atoms with Crippen LogP contribution in [0.4, 0.5) is 0 Å². The van der Waals surface area contributed by atoms with Crippen molar-refractivity contribution >= 4 is 12.1 Å². The van der Waals surface area contributed by atoms with Gasteiger partial charge in [-0.1, -0.05) is 6.07 Å². The van der Waals surface area contributed by atoms with Gasteiger partial charge in [0.25, 0.3) is 0 Å².